The molecule has 1 amide bonds. The second-order valence-corrected chi connectivity index (χ2v) is 2.99. The molecule has 0 fully saturated rings. The average molecular weight is 174 g/mol. The molecule has 0 aliphatic carbocycles. The van der Waals surface area contributed by atoms with E-state index in [4.69, 9.17) is 5.73 Å². The molecule has 0 heterocycles. The molecule has 0 aromatic heterocycles. The van der Waals surface area contributed by atoms with E-state index in [2.05, 4.69) is 17.5 Å². The SMILES string of the molecule is CCNC(=O)C(C)CC(N)=S. The maximum atomic E-state index is 11.1. The summed E-state index contributed by atoms with van der Waals surface area (Å²) >= 11 is 4.67. The number of carbonyl (C=O) groups is 1. The van der Waals surface area contributed by atoms with Crippen molar-refractivity contribution in [1.29, 1.82) is 0 Å². The fourth-order valence-electron chi connectivity index (χ4n) is 0.743. The average Bonchev–Trinajstić information content (AvgIpc) is 1.86. The highest BCUT2D eigenvalue weighted by molar-refractivity contribution is 7.80. The topological polar surface area (TPSA) is 55.1 Å². The van der Waals surface area contributed by atoms with Crippen molar-refractivity contribution >= 4 is 23.1 Å². The van der Waals surface area contributed by atoms with Gasteiger partial charge >= 0.3 is 0 Å². The molecule has 1 unspecified atom stereocenters. The Labute approximate surface area is 72.3 Å². The maximum Gasteiger partial charge on any atom is 0.223 e. The lowest BCUT2D eigenvalue weighted by molar-refractivity contribution is -0.124. The maximum absolute atomic E-state index is 11.1. The highest BCUT2D eigenvalue weighted by Crippen LogP contribution is 2.00. The summed E-state index contributed by atoms with van der Waals surface area (Å²) in [4.78, 5) is 11.4. The van der Waals surface area contributed by atoms with Crippen LogP contribution in [0.2, 0.25) is 0 Å². The molecule has 11 heavy (non-hydrogen) atoms. The molecule has 0 aromatic carbocycles. The summed E-state index contributed by atoms with van der Waals surface area (Å²) in [5.41, 5.74) is 5.28. The molecule has 3 nitrogen and oxygen atoms in total. The van der Waals surface area contributed by atoms with E-state index < -0.39 is 0 Å². The smallest absolute Gasteiger partial charge is 0.223 e. The highest BCUT2D eigenvalue weighted by Gasteiger charge is 2.11. The first kappa shape index (κ1) is 10.4. The molecule has 0 aliphatic heterocycles. The van der Waals surface area contributed by atoms with Crippen LogP contribution in [0.3, 0.4) is 0 Å². The fraction of sp³-hybridized carbons (Fsp3) is 0.714. The molecule has 0 saturated heterocycles. The zero-order valence-electron chi connectivity index (χ0n) is 6.89. The van der Waals surface area contributed by atoms with Gasteiger partial charge in [-0.25, -0.2) is 0 Å². The van der Waals surface area contributed by atoms with Gasteiger partial charge in [0, 0.05) is 18.9 Å². The van der Waals surface area contributed by atoms with Crippen molar-refractivity contribution in [1.82, 2.24) is 5.32 Å². The Morgan fingerprint density at radius 1 is 1.73 bits per heavy atom. The van der Waals surface area contributed by atoms with Gasteiger partial charge in [-0.15, -0.1) is 0 Å². The van der Waals surface area contributed by atoms with Gasteiger partial charge in [0.25, 0.3) is 0 Å². The molecule has 0 saturated carbocycles. The summed E-state index contributed by atoms with van der Waals surface area (Å²) in [5, 5.41) is 2.70. The van der Waals surface area contributed by atoms with Gasteiger partial charge in [0.05, 0.1) is 4.99 Å². The van der Waals surface area contributed by atoms with Crippen molar-refractivity contribution in [2.24, 2.45) is 11.7 Å². The molecule has 3 N–H and O–H groups in total. The van der Waals surface area contributed by atoms with Gasteiger partial charge in [-0.05, 0) is 6.92 Å². The first-order chi connectivity index (χ1) is 5.07. The molecular weight excluding hydrogens is 160 g/mol. The fourth-order valence-corrected chi connectivity index (χ4v) is 0.993. The number of hydrogen-bond donors (Lipinski definition) is 2. The third-order valence-corrected chi connectivity index (χ3v) is 1.47. The molecule has 4 heteroatoms. The molecule has 64 valence electrons. The number of carbonyl (C=O) groups excluding carboxylic acids is 1. The summed E-state index contributed by atoms with van der Waals surface area (Å²) in [5.74, 6) is -0.0900. The van der Waals surface area contributed by atoms with Crippen LogP contribution in [0, 0.1) is 5.92 Å². The summed E-state index contributed by atoms with van der Waals surface area (Å²) in [6.07, 6.45) is 0.487. The van der Waals surface area contributed by atoms with E-state index in [1.165, 1.54) is 0 Å². The second kappa shape index (κ2) is 5.07. The van der Waals surface area contributed by atoms with E-state index in [-0.39, 0.29) is 11.8 Å². The van der Waals surface area contributed by atoms with E-state index in [0.29, 0.717) is 18.0 Å². The quantitative estimate of drug-likeness (QED) is 0.608. The Kier molecular flexibility index (Phi) is 4.77. The summed E-state index contributed by atoms with van der Waals surface area (Å²) < 4.78 is 0. The standard InChI is InChI=1S/C7H14N2OS/c1-3-9-7(10)5(2)4-6(8)11/h5H,3-4H2,1-2H3,(H2,8,11)(H,9,10). The van der Waals surface area contributed by atoms with E-state index in [9.17, 15) is 4.79 Å². The van der Waals surface area contributed by atoms with Crippen LogP contribution in [0.1, 0.15) is 20.3 Å². The third kappa shape index (κ3) is 4.72. The Morgan fingerprint density at radius 2 is 2.27 bits per heavy atom. The van der Waals surface area contributed by atoms with Crippen molar-refractivity contribution in [2.45, 2.75) is 20.3 Å². The van der Waals surface area contributed by atoms with Gasteiger partial charge in [0.1, 0.15) is 0 Å². The van der Waals surface area contributed by atoms with Gasteiger partial charge in [0.2, 0.25) is 5.91 Å². The van der Waals surface area contributed by atoms with E-state index in [0.717, 1.165) is 0 Å². The van der Waals surface area contributed by atoms with E-state index in [1.807, 2.05) is 13.8 Å². The van der Waals surface area contributed by atoms with Crippen LogP contribution in [-0.4, -0.2) is 17.4 Å². The summed E-state index contributed by atoms with van der Waals surface area (Å²) in [6.45, 7) is 4.34. The number of amides is 1. The zero-order chi connectivity index (χ0) is 8.85. The largest absolute Gasteiger partial charge is 0.393 e. The minimum atomic E-state index is -0.104. The Hall–Kier alpha value is -0.640. The lowest BCUT2D eigenvalue weighted by Crippen LogP contribution is -2.31. The van der Waals surface area contributed by atoms with Gasteiger partial charge in [-0.2, -0.15) is 0 Å². The molecule has 0 rings (SSSR count). The molecule has 1 atom stereocenters. The van der Waals surface area contributed by atoms with Gasteiger partial charge in [-0.3, -0.25) is 4.79 Å². The predicted octanol–water partition coefficient (Wildman–Crippen LogP) is 0.435. The van der Waals surface area contributed by atoms with Crippen LogP contribution in [0.4, 0.5) is 0 Å². The van der Waals surface area contributed by atoms with Crippen LogP contribution in [0.25, 0.3) is 0 Å². The van der Waals surface area contributed by atoms with E-state index in [1.54, 1.807) is 0 Å². The first-order valence-electron chi connectivity index (χ1n) is 3.64. The lowest BCUT2D eigenvalue weighted by atomic mass is 10.1. The Balaban J connectivity index is 3.73. The molecule has 0 spiro atoms. The number of hydrogen-bond acceptors (Lipinski definition) is 2. The summed E-state index contributed by atoms with van der Waals surface area (Å²) in [7, 11) is 0. The van der Waals surface area contributed by atoms with Gasteiger partial charge in [0.15, 0.2) is 0 Å². The van der Waals surface area contributed by atoms with Crippen LogP contribution >= 0.6 is 12.2 Å². The number of nitrogens with two attached hydrogens (primary N) is 1. The summed E-state index contributed by atoms with van der Waals surface area (Å²) in [6, 6.07) is 0. The highest BCUT2D eigenvalue weighted by atomic mass is 32.1. The Morgan fingerprint density at radius 3 is 2.64 bits per heavy atom. The number of nitrogens with one attached hydrogen (secondary N) is 1. The number of thiocarbonyl (C=S) groups is 1. The monoisotopic (exact) mass is 174 g/mol. The Bertz CT molecular complexity index is 159. The lowest BCUT2D eigenvalue weighted by Gasteiger charge is -2.08. The van der Waals surface area contributed by atoms with Crippen molar-refractivity contribution in [3.05, 3.63) is 0 Å². The van der Waals surface area contributed by atoms with Crippen LogP contribution in [-0.2, 0) is 4.79 Å². The van der Waals surface area contributed by atoms with Crippen molar-refractivity contribution in [3.8, 4) is 0 Å². The van der Waals surface area contributed by atoms with Crippen molar-refractivity contribution in [3.63, 3.8) is 0 Å². The predicted molar refractivity (Wildman–Crippen MR) is 49.3 cm³/mol. The zero-order valence-corrected chi connectivity index (χ0v) is 7.70. The minimum absolute atomic E-state index is 0.0142. The van der Waals surface area contributed by atoms with Crippen molar-refractivity contribution < 1.29 is 4.79 Å². The molecule has 0 aliphatic rings. The molecular formula is C7H14N2OS. The van der Waals surface area contributed by atoms with Crippen LogP contribution in [0.5, 0.6) is 0 Å². The molecule has 0 radical (unpaired) electrons. The normalized spacial score (nSPS) is 12.2. The van der Waals surface area contributed by atoms with Crippen LogP contribution < -0.4 is 11.1 Å². The second-order valence-electron chi connectivity index (χ2n) is 2.47. The van der Waals surface area contributed by atoms with Gasteiger partial charge < -0.3 is 11.1 Å². The van der Waals surface area contributed by atoms with E-state index >= 15 is 0 Å². The minimum Gasteiger partial charge on any atom is -0.393 e. The van der Waals surface area contributed by atoms with Crippen LogP contribution in [0.15, 0.2) is 0 Å². The van der Waals surface area contributed by atoms with Crippen molar-refractivity contribution in [2.75, 3.05) is 6.54 Å². The number of rotatable bonds is 4. The van der Waals surface area contributed by atoms with Gasteiger partial charge in [-0.1, -0.05) is 19.1 Å². The first-order valence-corrected chi connectivity index (χ1v) is 4.04. The molecule has 0 bridgehead atoms. The molecule has 0 aromatic rings. The third-order valence-electron chi connectivity index (χ3n) is 1.31.